The number of hydrogen-bond acceptors (Lipinski definition) is 10. The molecule has 2 spiro atoms. The van der Waals surface area contributed by atoms with Crippen molar-refractivity contribution >= 4 is 29.5 Å². The summed E-state index contributed by atoms with van der Waals surface area (Å²) in [6, 6.07) is 6.94. The maximum Gasteiger partial charge on any atom is 0.343 e. The largest absolute Gasteiger partial charge is 0.459 e. The smallest absolute Gasteiger partial charge is 0.343 e. The maximum atomic E-state index is 13.9. The van der Waals surface area contributed by atoms with Crippen LogP contribution in [0.15, 0.2) is 24.3 Å². The summed E-state index contributed by atoms with van der Waals surface area (Å²) in [5.41, 5.74) is -7.25. The number of ether oxygens (including phenoxy) is 5. The van der Waals surface area contributed by atoms with E-state index in [-0.39, 0.29) is 13.0 Å². The molecule has 1 aromatic rings. The van der Waals surface area contributed by atoms with Crippen molar-refractivity contribution in [2.45, 2.75) is 82.6 Å². The monoisotopic (exact) mass is 548 g/mol. The summed E-state index contributed by atoms with van der Waals surface area (Å²) in [6.07, 6.45) is -6.16. The van der Waals surface area contributed by atoms with Gasteiger partial charge in [0.25, 0.3) is 0 Å². The van der Waals surface area contributed by atoms with Crippen molar-refractivity contribution in [3.8, 4) is 0 Å². The molecule has 7 rings (SSSR count). The van der Waals surface area contributed by atoms with Crippen LogP contribution >= 0.6 is 11.6 Å². The molecule has 4 saturated heterocycles. The van der Waals surface area contributed by atoms with Crippen LogP contribution < -0.4 is 0 Å². The molecule has 11 heteroatoms. The van der Waals surface area contributed by atoms with Crippen molar-refractivity contribution in [2.75, 3.05) is 0 Å². The van der Waals surface area contributed by atoms with E-state index in [1.807, 2.05) is 20.8 Å². The number of esters is 3. The molecule has 204 valence electrons. The highest BCUT2D eigenvalue weighted by molar-refractivity contribution is 6.30. The van der Waals surface area contributed by atoms with E-state index in [2.05, 4.69) is 0 Å². The summed E-state index contributed by atoms with van der Waals surface area (Å²) in [5.74, 6) is -4.09. The molecule has 1 unspecified atom stereocenters. The second-order valence-corrected chi connectivity index (χ2v) is 13.0. The van der Waals surface area contributed by atoms with Gasteiger partial charge in [-0.1, -0.05) is 44.5 Å². The molecule has 0 aromatic heterocycles. The first-order valence-corrected chi connectivity index (χ1v) is 13.2. The quantitative estimate of drug-likeness (QED) is 0.422. The molecule has 4 aliphatic heterocycles. The molecule has 6 aliphatic rings. The Kier molecular flexibility index (Phi) is 4.62. The highest BCUT2D eigenvalue weighted by atomic mass is 35.5. The Morgan fingerprint density at radius 1 is 1.08 bits per heavy atom. The Labute approximate surface area is 223 Å². The maximum absolute atomic E-state index is 13.9. The van der Waals surface area contributed by atoms with Crippen LogP contribution in [0.2, 0.25) is 5.02 Å². The van der Waals surface area contributed by atoms with Gasteiger partial charge in [0.15, 0.2) is 17.8 Å². The predicted molar refractivity (Wildman–Crippen MR) is 126 cm³/mol. The Morgan fingerprint density at radius 3 is 2.42 bits per heavy atom. The van der Waals surface area contributed by atoms with Gasteiger partial charge in [-0.25, -0.2) is 9.59 Å². The Bertz CT molecular complexity index is 1280. The van der Waals surface area contributed by atoms with Gasteiger partial charge < -0.3 is 33.9 Å². The average molecular weight is 549 g/mol. The van der Waals surface area contributed by atoms with Crippen LogP contribution in [0.4, 0.5) is 0 Å². The van der Waals surface area contributed by atoms with E-state index in [4.69, 9.17) is 35.3 Å². The van der Waals surface area contributed by atoms with E-state index in [1.54, 1.807) is 24.3 Å². The van der Waals surface area contributed by atoms with Crippen LogP contribution in [0.25, 0.3) is 0 Å². The van der Waals surface area contributed by atoms with Crippen molar-refractivity contribution in [3.63, 3.8) is 0 Å². The third-order valence-electron chi connectivity index (χ3n) is 10.3. The average Bonchev–Trinajstić information content (AvgIpc) is 3.56. The van der Waals surface area contributed by atoms with Gasteiger partial charge in [-0.2, -0.15) is 0 Å². The minimum atomic E-state index is -2.20. The zero-order chi connectivity index (χ0) is 27.2. The van der Waals surface area contributed by atoms with E-state index >= 15 is 0 Å². The van der Waals surface area contributed by atoms with Crippen molar-refractivity contribution in [3.05, 3.63) is 34.9 Å². The van der Waals surface area contributed by atoms with Crippen LogP contribution in [-0.4, -0.2) is 70.0 Å². The second kappa shape index (κ2) is 7.09. The van der Waals surface area contributed by atoms with Crippen LogP contribution in [0.1, 0.15) is 39.7 Å². The minimum absolute atomic E-state index is 0.00488. The number of carbonyl (C=O) groups excluding carboxylic acids is 3. The lowest BCUT2D eigenvalue weighted by atomic mass is 9.51. The number of benzene rings is 1. The SMILES string of the molecule is C[C@@H]1C(=O)O[C@H]2[C@H](OCc3ccc(Cl)cc3)C34[C@H]5C[C@@H](C(C)(C)C)[C@]36[C@@H](OC(=O)[C@@H]6O)O[C@@]4(C(=O)O5)[C@@]12O. The number of halogens is 1. The molecule has 2 aliphatic carbocycles. The van der Waals surface area contributed by atoms with Gasteiger partial charge in [0.05, 0.1) is 23.4 Å². The molecule has 6 fully saturated rings. The van der Waals surface area contributed by atoms with Gasteiger partial charge in [-0.3, -0.25) is 4.79 Å². The van der Waals surface area contributed by atoms with E-state index in [1.165, 1.54) is 6.92 Å². The van der Waals surface area contributed by atoms with Gasteiger partial charge in [-0.15, -0.1) is 0 Å². The normalized spacial score (nSPS) is 49.9. The van der Waals surface area contributed by atoms with Crippen molar-refractivity contribution in [1.82, 2.24) is 0 Å². The van der Waals surface area contributed by atoms with Gasteiger partial charge in [0, 0.05) is 5.02 Å². The number of aliphatic hydroxyl groups is 2. The van der Waals surface area contributed by atoms with Gasteiger partial charge in [0.1, 0.15) is 12.2 Å². The van der Waals surface area contributed by atoms with E-state index in [0.29, 0.717) is 5.02 Å². The lowest BCUT2D eigenvalue weighted by Gasteiger charge is -2.48. The van der Waals surface area contributed by atoms with E-state index < -0.39 is 87.9 Å². The summed E-state index contributed by atoms with van der Waals surface area (Å²) >= 11 is 6.04. The molecule has 38 heavy (non-hydrogen) atoms. The van der Waals surface area contributed by atoms with Crippen LogP contribution in [0.3, 0.4) is 0 Å². The fourth-order valence-electron chi connectivity index (χ4n) is 9.07. The molecule has 11 atom stereocenters. The standard InChI is InChI=1S/C27H29ClO10/c1-11-19(30)36-18-17(34-10-12-5-7-13(28)8-6-12)25-15-9-14(23(2,3)4)24(25)16(29)20(31)37-22(24)38-27(25,21(32)35-15)26(11,18)33/h5-8,11,14-18,22,29,33H,9-10H2,1-4H3/t11-,14+,15-,16+,17+,18+,22+,24+,25?,26-,27-/m1/s1. The molecule has 0 radical (unpaired) electrons. The number of rotatable bonds is 3. The molecule has 0 amide bonds. The molecule has 1 aromatic carbocycles. The van der Waals surface area contributed by atoms with Crippen LogP contribution in [0.5, 0.6) is 0 Å². The highest BCUT2D eigenvalue weighted by Gasteiger charge is 3.04. The molecular weight excluding hydrogens is 520 g/mol. The number of aliphatic hydroxyl groups excluding tert-OH is 1. The third kappa shape index (κ3) is 2.25. The van der Waals surface area contributed by atoms with Gasteiger partial charge in [-0.05, 0) is 42.4 Å². The first-order chi connectivity index (χ1) is 17.8. The molecule has 0 bridgehead atoms. The minimum Gasteiger partial charge on any atom is -0.459 e. The lowest BCUT2D eigenvalue weighted by molar-refractivity contribution is -0.240. The summed E-state index contributed by atoms with van der Waals surface area (Å²) < 4.78 is 30.2. The summed E-state index contributed by atoms with van der Waals surface area (Å²) in [4.78, 5) is 39.8. The zero-order valence-corrected chi connectivity index (χ0v) is 22.1. The summed E-state index contributed by atoms with van der Waals surface area (Å²) in [7, 11) is 0. The topological polar surface area (TPSA) is 138 Å². The zero-order valence-electron chi connectivity index (χ0n) is 21.3. The van der Waals surface area contributed by atoms with Crippen molar-refractivity contribution < 1.29 is 48.3 Å². The number of carbonyl (C=O) groups is 3. The van der Waals surface area contributed by atoms with Crippen molar-refractivity contribution in [1.29, 1.82) is 0 Å². The third-order valence-corrected chi connectivity index (χ3v) is 10.6. The lowest BCUT2D eigenvalue weighted by Crippen LogP contribution is -2.67. The first kappa shape index (κ1) is 24.8. The Balaban J connectivity index is 1.49. The fourth-order valence-corrected chi connectivity index (χ4v) is 9.19. The number of hydrogen-bond donors (Lipinski definition) is 2. The molecule has 4 heterocycles. The highest BCUT2D eigenvalue weighted by Crippen LogP contribution is 2.85. The first-order valence-electron chi connectivity index (χ1n) is 12.9. The van der Waals surface area contributed by atoms with Crippen LogP contribution in [-0.2, 0) is 44.7 Å². The van der Waals surface area contributed by atoms with Gasteiger partial charge in [0.2, 0.25) is 11.9 Å². The Morgan fingerprint density at radius 2 is 1.76 bits per heavy atom. The number of fused-ring (bicyclic) bond motifs is 1. The molecule has 2 N–H and O–H groups in total. The van der Waals surface area contributed by atoms with E-state index in [9.17, 15) is 24.6 Å². The van der Waals surface area contributed by atoms with E-state index in [0.717, 1.165) is 5.56 Å². The van der Waals surface area contributed by atoms with Crippen LogP contribution in [0, 0.1) is 28.1 Å². The summed E-state index contributed by atoms with van der Waals surface area (Å²) in [5, 5.41) is 24.6. The Hall–Kier alpha value is -2.24. The predicted octanol–water partition coefficient (Wildman–Crippen LogP) is 1.51. The van der Waals surface area contributed by atoms with Crippen molar-refractivity contribution in [2.24, 2.45) is 28.1 Å². The summed E-state index contributed by atoms with van der Waals surface area (Å²) in [6.45, 7) is 7.38. The molecule has 10 nitrogen and oxygen atoms in total. The molecule has 2 saturated carbocycles. The second-order valence-electron chi connectivity index (χ2n) is 12.6. The fraction of sp³-hybridized carbons (Fsp3) is 0.667. The van der Waals surface area contributed by atoms with Gasteiger partial charge >= 0.3 is 17.9 Å². The molecular formula is C27H29ClO10.